The average Bonchev–Trinajstić information content (AvgIpc) is 2.94. The number of rotatable bonds is 9. The van der Waals surface area contributed by atoms with Gasteiger partial charge in [-0.25, -0.2) is 18.8 Å². The Morgan fingerprint density at radius 2 is 1.38 bits per heavy atom. The molecular formula is C34H40FNO9. The van der Waals surface area contributed by atoms with Gasteiger partial charge in [0.2, 0.25) is 0 Å². The molecule has 0 spiro atoms. The molecule has 0 saturated carbocycles. The summed E-state index contributed by atoms with van der Waals surface area (Å²) in [5.74, 6) is -2.32. The Morgan fingerprint density at radius 3 is 1.87 bits per heavy atom. The van der Waals surface area contributed by atoms with Crippen LogP contribution in [-0.4, -0.2) is 52.3 Å². The number of hydrogen-bond acceptors (Lipinski definition) is 9. The first kappa shape index (κ1) is 35.0. The van der Waals surface area contributed by atoms with Gasteiger partial charge in [0.25, 0.3) is 0 Å². The molecule has 0 bridgehead atoms. The minimum absolute atomic E-state index is 0.147. The molecule has 2 amide bonds. The van der Waals surface area contributed by atoms with Crippen LogP contribution < -0.4 is 14.4 Å². The second kappa shape index (κ2) is 14.5. The second-order valence-electron chi connectivity index (χ2n) is 12.3. The molecule has 0 aromatic heterocycles. The number of nitrogens with zero attached hydrogens (tertiary/aromatic N) is 1. The number of benzene rings is 3. The normalized spacial score (nSPS) is 12.2. The van der Waals surface area contributed by atoms with Gasteiger partial charge >= 0.3 is 18.2 Å². The van der Waals surface area contributed by atoms with Crippen LogP contribution in [0.1, 0.15) is 68.6 Å². The molecular weight excluding hydrogens is 585 g/mol. The number of carbonyl (C=O) groups is 3. The van der Waals surface area contributed by atoms with Gasteiger partial charge in [-0.05, 0) is 66.2 Å². The van der Waals surface area contributed by atoms with E-state index in [1.54, 1.807) is 90.1 Å². The van der Waals surface area contributed by atoms with Gasteiger partial charge < -0.3 is 29.2 Å². The van der Waals surface area contributed by atoms with Crippen LogP contribution in [0.4, 0.5) is 19.7 Å². The summed E-state index contributed by atoms with van der Waals surface area (Å²) in [6, 6.07) is 16.8. The van der Waals surface area contributed by atoms with Crippen molar-refractivity contribution in [1.82, 2.24) is 0 Å². The van der Waals surface area contributed by atoms with Crippen molar-refractivity contribution in [3.8, 4) is 11.5 Å². The fraction of sp³-hybridized carbons (Fsp3) is 0.382. The highest BCUT2D eigenvalue weighted by atomic mass is 19.1. The van der Waals surface area contributed by atoms with Crippen molar-refractivity contribution in [3.63, 3.8) is 0 Å². The summed E-state index contributed by atoms with van der Waals surface area (Å²) in [4.78, 5) is 41.8. The zero-order valence-corrected chi connectivity index (χ0v) is 26.5. The first-order valence-electron chi connectivity index (χ1n) is 14.4. The lowest BCUT2D eigenvalue weighted by atomic mass is 9.95. The molecule has 2 N–H and O–H groups in total. The van der Waals surface area contributed by atoms with Crippen molar-refractivity contribution in [2.75, 3.05) is 11.5 Å². The number of aliphatic hydroxyl groups excluding tert-OH is 2. The molecule has 0 fully saturated rings. The number of halogens is 1. The molecule has 0 heterocycles. The maximum atomic E-state index is 16.4. The largest absolute Gasteiger partial charge is 0.486 e. The molecule has 0 aliphatic rings. The maximum absolute atomic E-state index is 16.4. The summed E-state index contributed by atoms with van der Waals surface area (Å²) in [5, 5.41) is 20.1. The average molecular weight is 626 g/mol. The molecule has 3 rings (SSSR count). The van der Waals surface area contributed by atoms with Crippen LogP contribution in [0.15, 0.2) is 60.7 Å². The minimum Gasteiger partial charge on any atom is -0.486 e. The summed E-state index contributed by atoms with van der Waals surface area (Å²) in [7, 11) is 0. The third-order valence-corrected chi connectivity index (χ3v) is 6.11. The second-order valence-corrected chi connectivity index (χ2v) is 12.3. The van der Waals surface area contributed by atoms with Gasteiger partial charge in [-0.1, -0.05) is 48.5 Å². The molecule has 0 saturated heterocycles. The van der Waals surface area contributed by atoms with Crippen LogP contribution in [0, 0.1) is 12.7 Å². The van der Waals surface area contributed by atoms with Gasteiger partial charge in [-0.3, -0.25) is 0 Å². The van der Waals surface area contributed by atoms with E-state index in [0.717, 1.165) is 0 Å². The topological polar surface area (TPSA) is 132 Å². The molecule has 1 atom stereocenters. The molecule has 45 heavy (non-hydrogen) atoms. The summed E-state index contributed by atoms with van der Waals surface area (Å²) in [6.07, 6.45) is -4.60. The number of hydrogen-bond donors (Lipinski definition) is 2. The third-order valence-electron chi connectivity index (χ3n) is 6.11. The Labute approximate surface area is 262 Å². The Bertz CT molecular complexity index is 1470. The van der Waals surface area contributed by atoms with Gasteiger partial charge in [0.1, 0.15) is 40.6 Å². The zero-order valence-electron chi connectivity index (χ0n) is 26.5. The summed E-state index contributed by atoms with van der Waals surface area (Å²) >= 11 is 0. The quantitative estimate of drug-likeness (QED) is 0.202. The molecule has 242 valence electrons. The van der Waals surface area contributed by atoms with Crippen molar-refractivity contribution >= 4 is 23.8 Å². The van der Waals surface area contributed by atoms with Crippen LogP contribution in [-0.2, 0) is 22.5 Å². The van der Waals surface area contributed by atoms with Crippen LogP contribution >= 0.6 is 0 Å². The van der Waals surface area contributed by atoms with E-state index in [1.165, 1.54) is 19.1 Å². The van der Waals surface area contributed by atoms with Gasteiger partial charge in [-0.2, -0.15) is 4.90 Å². The number of carbonyl (C=O) groups excluding carboxylic acids is 3. The highest BCUT2D eigenvalue weighted by Crippen LogP contribution is 2.43. The maximum Gasteiger partial charge on any atom is 0.424 e. The van der Waals surface area contributed by atoms with Crippen LogP contribution in [0.5, 0.6) is 11.5 Å². The van der Waals surface area contributed by atoms with E-state index in [9.17, 15) is 24.6 Å². The highest BCUT2D eigenvalue weighted by molar-refractivity contribution is 6.13. The monoisotopic (exact) mass is 625 g/mol. The van der Waals surface area contributed by atoms with Crippen molar-refractivity contribution in [2.24, 2.45) is 0 Å². The van der Waals surface area contributed by atoms with Crippen molar-refractivity contribution in [2.45, 2.75) is 78.8 Å². The summed E-state index contributed by atoms with van der Waals surface area (Å²) in [5.41, 5.74) is -3.18. The molecule has 0 aliphatic carbocycles. The molecule has 10 nitrogen and oxygen atoms in total. The number of esters is 1. The first-order valence-corrected chi connectivity index (χ1v) is 14.4. The van der Waals surface area contributed by atoms with Crippen LogP contribution in [0.2, 0.25) is 0 Å². The smallest absolute Gasteiger partial charge is 0.424 e. The minimum atomic E-state index is -1.51. The lowest BCUT2D eigenvalue weighted by molar-refractivity contribution is 0.0425. The first-order chi connectivity index (χ1) is 21.0. The number of aliphatic hydroxyl groups is 2. The van der Waals surface area contributed by atoms with E-state index in [0.29, 0.717) is 10.5 Å². The van der Waals surface area contributed by atoms with Crippen molar-refractivity contribution < 1.29 is 47.9 Å². The van der Waals surface area contributed by atoms with Gasteiger partial charge in [0.15, 0.2) is 5.75 Å². The number of amides is 2. The van der Waals surface area contributed by atoms with E-state index >= 15 is 4.39 Å². The molecule has 11 heteroatoms. The Kier molecular flexibility index (Phi) is 11.3. The highest BCUT2D eigenvalue weighted by Gasteiger charge is 2.40. The van der Waals surface area contributed by atoms with E-state index in [-0.39, 0.29) is 17.9 Å². The third kappa shape index (κ3) is 9.50. The number of anilines is 1. The number of ether oxygens (including phenoxy) is 4. The Hall–Kier alpha value is -4.48. The van der Waals surface area contributed by atoms with Crippen molar-refractivity contribution in [3.05, 3.63) is 88.7 Å². The predicted molar refractivity (Wildman–Crippen MR) is 165 cm³/mol. The van der Waals surface area contributed by atoms with Gasteiger partial charge in [-0.15, -0.1) is 0 Å². The van der Waals surface area contributed by atoms with E-state index < -0.39 is 76.9 Å². The molecule has 1 unspecified atom stereocenters. The SMILES string of the molecule is Cc1c(F)c(CC(O)CO)c(N(C(=O)OC(C)(C)C)C(=O)OC(C)(C)C)c(OCc2ccccc2)c1C(=O)Oc1ccccc1. The molecule has 0 aliphatic heterocycles. The van der Waals surface area contributed by atoms with E-state index in [2.05, 4.69) is 0 Å². The fourth-order valence-electron chi connectivity index (χ4n) is 4.22. The lowest BCUT2D eigenvalue weighted by Gasteiger charge is -2.32. The zero-order chi connectivity index (χ0) is 33.5. The van der Waals surface area contributed by atoms with Gasteiger partial charge in [0, 0.05) is 17.5 Å². The summed E-state index contributed by atoms with van der Waals surface area (Å²) in [6.45, 7) is 9.77. The molecule has 3 aromatic carbocycles. The molecule has 0 radical (unpaired) electrons. The predicted octanol–water partition coefficient (Wildman–Crippen LogP) is 6.50. The van der Waals surface area contributed by atoms with E-state index in [4.69, 9.17) is 18.9 Å². The number of para-hydroxylation sites is 1. The number of imide groups is 1. The molecule has 3 aromatic rings. The van der Waals surface area contributed by atoms with Crippen molar-refractivity contribution in [1.29, 1.82) is 0 Å². The van der Waals surface area contributed by atoms with Crippen LogP contribution in [0.25, 0.3) is 0 Å². The Balaban J connectivity index is 2.42. The van der Waals surface area contributed by atoms with Gasteiger partial charge in [0.05, 0.1) is 12.7 Å². The summed E-state index contributed by atoms with van der Waals surface area (Å²) < 4.78 is 39.3. The fourth-order valence-corrected chi connectivity index (χ4v) is 4.22. The Morgan fingerprint density at radius 1 is 0.867 bits per heavy atom. The standard InChI is InChI=1S/C34H40FNO9/c1-21-26(30(39)43-24-16-12-9-13-17-24)29(42-20-22-14-10-8-11-15-22)28(25(27(21)35)18-23(38)19-37)36(31(40)44-33(2,3)4)32(41)45-34(5,6)7/h8-17,23,37-38H,18-20H2,1-7H3. The van der Waals surface area contributed by atoms with Crippen LogP contribution in [0.3, 0.4) is 0 Å². The van der Waals surface area contributed by atoms with E-state index in [1.807, 2.05) is 0 Å². The lowest BCUT2D eigenvalue weighted by Crippen LogP contribution is -2.45.